The summed E-state index contributed by atoms with van der Waals surface area (Å²) >= 11 is 0. The van der Waals surface area contributed by atoms with Crippen LogP contribution in [-0.4, -0.2) is 34.5 Å². The third-order valence-corrected chi connectivity index (χ3v) is 0.972. The van der Waals surface area contributed by atoms with Crippen LogP contribution in [0.3, 0.4) is 0 Å². The fraction of sp³-hybridized carbons (Fsp3) is 0.500. The van der Waals surface area contributed by atoms with E-state index in [1.54, 1.807) is 0 Å². The molecule has 64 valence electrons. The number of hydrogen-bond acceptors (Lipinski definition) is 4. The summed E-state index contributed by atoms with van der Waals surface area (Å²) in [5, 5.41) is 25.3. The SMILES string of the molecule is CC(C(=O)O)=C(O)OCCO. The zero-order chi connectivity index (χ0) is 8.85. The van der Waals surface area contributed by atoms with E-state index in [9.17, 15) is 4.79 Å². The molecule has 0 heterocycles. The van der Waals surface area contributed by atoms with Crippen LogP contribution < -0.4 is 0 Å². The van der Waals surface area contributed by atoms with Crippen LogP contribution in [0.1, 0.15) is 6.92 Å². The Kier molecular flexibility index (Phi) is 4.05. The minimum absolute atomic E-state index is 0.115. The van der Waals surface area contributed by atoms with Crippen molar-refractivity contribution in [2.45, 2.75) is 6.92 Å². The zero-order valence-electron chi connectivity index (χ0n) is 6.07. The molecule has 11 heavy (non-hydrogen) atoms. The van der Waals surface area contributed by atoms with E-state index in [0.717, 1.165) is 0 Å². The molecule has 0 aromatic rings. The maximum absolute atomic E-state index is 10.1. The van der Waals surface area contributed by atoms with E-state index in [2.05, 4.69) is 4.74 Å². The van der Waals surface area contributed by atoms with E-state index in [1.165, 1.54) is 6.92 Å². The van der Waals surface area contributed by atoms with Gasteiger partial charge in [-0.15, -0.1) is 0 Å². The molecule has 0 aromatic heterocycles. The lowest BCUT2D eigenvalue weighted by Crippen LogP contribution is -2.06. The molecule has 0 radical (unpaired) electrons. The Morgan fingerprint density at radius 1 is 1.45 bits per heavy atom. The second-order valence-electron chi connectivity index (χ2n) is 1.81. The van der Waals surface area contributed by atoms with Crippen molar-refractivity contribution in [3.8, 4) is 0 Å². The number of carboxylic acids is 1. The first-order valence-electron chi connectivity index (χ1n) is 2.96. The molecule has 0 unspecified atom stereocenters. The molecule has 0 aliphatic carbocycles. The van der Waals surface area contributed by atoms with Gasteiger partial charge in [0.2, 0.25) is 0 Å². The second-order valence-corrected chi connectivity index (χ2v) is 1.81. The standard InChI is InChI=1S/C6H10O5/c1-4(5(8)9)6(10)11-3-2-7/h7,10H,2-3H2,1H3,(H,8,9). The lowest BCUT2D eigenvalue weighted by molar-refractivity contribution is -0.133. The highest BCUT2D eigenvalue weighted by molar-refractivity contribution is 5.85. The molecule has 0 aliphatic heterocycles. The average Bonchev–Trinajstić information content (AvgIpc) is 1.98. The Labute approximate surface area is 63.5 Å². The van der Waals surface area contributed by atoms with Crippen LogP contribution in [0.2, 0.25) is 0 Å². The fourth-order valence-electron chi connectivity index (χ4n) is 0.342. The Bertz CT molecular complexity index is 172. The van der Waals surface area contributed by atoms with Crippen LogP contribution in [0.4, 0.5) is 0 Å². The van der Waals surface area contributed by atoms with Gasteiger partial charge in [0.25, 0.3) is 5.95 Å². The number of carboxylic acid groups (broad SMARTS) is 1. The molecule has 0 atom stereocenters. The van der Waals surface area contributed by atoms with Crippen molar-refractivity contribution >= 4 is 5.97 Å². The van der Waals surface area contributed by atoms with Gasteiger partial charge >= 0.3 is 5.97 Å². The molecule has 0 saturated carbocycles. The number of aliphatic carboxylic acids is 1. The predicted molar refractivity (Wildman–Crippen MR) is 36.0 cm³/mol. The number of hydrogen-bond donors (Lipinski definition) is 3. The molecule has 0 aliphatic rings. The first-order chi connectivity index (χ1) is 5.09. The van der Waals surface area contributed by atoms with Crippen molar-refractivity contribution in [2.75, 3.05) is 13.2 Å². The summed E-state index contributed by atoms with van der Waals surface area (Å²) in [5.74, 6) is -1.91. The van der Waals surface area contributed by atoms with Crippen LogP contribution in [-0.2, 0) is 9.53 Å². The fourth-order valence-corrected chi connectivity index (χ4v) is 0.342. The number of rotatable bonds is 4. The van der Waals surface area contributed by atoms with Gasteiger partial charge in [-0.1, -0.05) is 0 Å². The summed E-state index contributed by atoms with van der Waals surface area (Å²) in [6, 6.07) is 0. The van der Waals surface area contributed by atoms with Gasteiger partial charge in [0, 0.05) is 0 Å². The molecular weight excluding hydrogens is 152 g/mol. The van der Waals surface area contributed by atoms with E-state index in [4.69, 9.17) is 15.3 Å². The van der Waals surface area contributed by atoms with Crippen molar-refractivity contribution in [3.05, 3.63) is 11.5 Å². The highest BCUT2D eigenvalue weighted by atomic mass is 16.6. The van der Waals surface area contributed by atoms with Gasteiger partial charge in [-0.3, -0.25) is 0 Å². The normalized spacial score (nSPS) is 12.2. The summed E-state index contributed by atoms with van der Waals surface area (Å²) < 4.78 is 4.42. The third kappa shape index (κ3) is 3.47. The monoisotopic (exact) mass is 162 g/mol. The molecule has 0 amide bonds. The molecule has 5 heteroatoms. The van der Waals surface area contributed by atoms with Gasteiger partial charge in [-0.05, 0) is 6.92 Å². The van der Waals surface area contributed by atoms with Crippen LogP contribution in [0.25, 0.3) is 0 Å². The van der Waals surface area contributed by atoms with Crippen LogP contribution in [0.5, 0.6) is 0 Å². The maximum atomic E-state index is 10.1. The molecule has 0 fully saturated rings. The minimum atomic E-state index is -1.25. The zero-order valence-corrected chi connectivity index (χ0v) is 6.07. The quantitative estimate of drug-likeness (QED) is 0.396. The number of ether oxygens (including phenoxy) is 1. The van der Waals surface area contributed by atoms with Gasteiger partial charge < -0.3 is 20.1 Å². The van der Waals surface area contributed by atoms with E-state index >= 15 is 0 Å². The maximum Gasteiger partial charge on any atom is 0.338 e. The largest absolute Gasteiger partial charge is 0.481 e. The molecule has 0 bridgehead atoms. The van der Waals surface area contributed by atoms with E-state index in [1.807, 2.05) is 0 Å². The topological polar surface area (TPSA) is 87.0 Å². The lowest BCUT2D eigenvalue weighted by atomic mass is 10.3. The number of carbonyl (C=O) groups is 1. The van der Waals surface area contributed by atoms with Crippen molar-refractivity contribution in [1.29, 1.82) is 0 Å². The Morgan fingerprint density at radius 2 is 2.00 bits per heavy atom. The Hall–Kier alpha value is -1.23. The molecular formula is C6H10O5. The smallest absolute Gasteiger partial charge is 0.338 e. The van der Waals surface area contributed by atoms with Crippen LogP contribution in [0.15, 0.2) is 11.5 Å². The average molecular weight is 162 g/mol. The lowest BCUT2D eigenvalue weighted by Gasteiger charge is -2.02. The molecule has 0 rings (SSSR count). The van der Waals surface area contributed by atoms with Crippen molar-refractivity contribution < 1.29 is 24.9 Å². The Morgan fingerprint density at radius 3 is 2.36 bits per heavy atom. The minimum Gasteiger partial charge on any atom is -0.481 e. The van der Waals surface area contributed by atoms with Crippen molar-refractivity contribution in [3.63, 3.8) is 0 Å². The van der Waals surface area contributed by atoms with Gasteiger partial charge in [0.15, 0.2) is 0 Å². The van der Waals surface area contributed by atoms with E-state index < -0.39 is 11.9 Å². The Balaban J connectivity index is 4.05. The van der Waals surface area contributed by atoms with Gasteiger partial charge in [0.05, 0.1) is 6.61 Å². The summed E-state index contributed by atoms with van der Waals surface area (Å²) in [5.41, 5.74) is -0.279. The number of aliphatic hydroxyl groups excluding tert-OH is 2. The highest BCUT2D eigenvalue weighted by Crippen LogP contribution is 2.01. The van der Waals surface area contributed by atoms with Crippen LogP contribution in [0, 0.1) is 0 Å². The second kappa shape index (κ2) is 4.56. The molecule has 0 spiro atoms. The number of aliphatic hydroxyl groups is 2. The first kappa shape index (κ1) is 9.77. The first-order valence-corrected chi connectivity index (χ1v) is 2.96. The summed E-state index contributed by atoms with van der Waals surface area (Å²) in [4.78, 5) is 10.1. The van der Waals surface area contributed by atoms with Gasteiger partial charge in [-0.2, -0.15) is 0 Å². The van der Waals surface area contributed by atoms with Crippen molar-refractivity contribution in [1.82, 2.24) is 0 Å². The van der Waals surface area contributed by atoms with Gasteiger partial charge in [0.1, 0.15) is 12.2 Å². The summed E-state index contributed by atoms with van der Waals surface area (Å²) in [7, 11) is 0. The van der Waals surface area contributed by atoms with Gasteiger partial charge in [-0.25, -0.2) is 4.79 Å². The third-order valence-electron chi connectivity index (χ3n) is 0.972. The van der Waals surface area contributed by atoms with Crippen LogP contribution >= 0.6 is 0 Å². The van der Waals surface area contributed by atoms with Crippen molar-refractivity contribution in [2.24, 2.45) is 0 Å². The summed E-state index contributed by atoms with van der Waals surface area (Å²) in [6.07, 6.45) is 0. The molecule has 0 saturated heterocycles. The van der Waals surface area contributed by atoms with E-state index in [-0.39, 0.29) is 18.8 Å². The highest BCUT2D eigenvalue weighted by Gasteiger charge is 2.08. The molecule has 3 N–H and O–H groups in total. The summed E-state index contributed by atoms with van der Waals surface area (Å²) in [6.45, 7) is 0.822. The predicted octanol–water partition coefficient (Wildman–Crippen LogP) is -0.131. The molecule has 5 nitrogen and oxygen atoms in total. The molecule has 0 aromatic carbocycles. The van der Waals surface area contributed by atoms with E-state index in [0.29, 0.717) is 0 Å².